The molecule has 7 heteroatoms. The van der Waals surface area contributed by atoms with Crippen LogP contribution in [0.1, 0.15) is 36.0 Å². The lowest BCUT2D eigenvalue weighted by atomic mass is 10.1. The SMILES string of the molecule is CNC(=O)c1ccc(S(=O)(=O)N(C)CCCC2CCCO2)cc1. The molecule has 0 spiro atoms. The van der Waals surface area contributed by atoms with E-state index in [2.05, 4.69) is 5.32 Å². The maximum Gasteiger partial charge on any atom is 0.251 e. The third-order valence-corrected chi connectivity index (χ3v) is 5.95. The fourth-order valence-electron chi connectivity index (χ4n) is 2.64. The number of amides is 1. The first kappa shape index (κ1) is 17.9. The van der Waals surface area contributed by atoms with E-state index in [-0.39, 0.29) is 16.9 Å². The molecule has 23 heavy (non-hydrogen) atoms. The van der Waals surface area contributed by atoms with E-state index in [1.807, 2.05) is 0 Å². The molecule has 1 unspecified atom stereocenters. The molecule has 128 valence electrons. The highest BCUT2D eigenvalue weighted by molar-refractivity contribution is 7.89. The molecule has 1 fully saturated rings. The van der Waals surface area contributed by atoms with Crippen molar-refractivity contribution in [3.05, 3.63) is 29.8 Å². The molecule has 0 aromatic heterocycles. The van der Waals surface area contributed by atoms with Crippen molar-refractivity contribution in [1.29, 1.82) is 0 Å². The molecule has 0 aliphatic carbocycles. The second-order valence-electron chi connectivity index (χ2n) is 5.71. The summed E-state index contributed by atoms with van der Waals surface area (Å²) in [7, 11) is -0.406. The molecular formula is C16H24N2O4S. The Balaban J connectivity index is 1.94. The van der Waals surface area contributed by atoms with Crippen LogP contribution in [0.5, 0.6) is 0 Å². The van der Waals surface area contributed by atoms with Gasteiger partial charge in [-0.3, -0.25) is 4.79 Å². The van der Waals surface area contributed by atoms with Gasteiger partial charge in [-0.1, -0.05) is 0 Å². The van der Waals surface area contributed by atoms with E-state index >= 15 is 0 Å². The van der Waals surface area contributed by atoms with Crippen LogP contribution in [-0.4, -0.2) is 52.0 Å². The number of benzene rings is 1. The van der Waals surface area contributed by atoms with Gasteiger partial charge in [0, 0.05) is 32.8 Å². The summed E-state index contributed by atoms with van der Waals surface area (Å²) in [5.74, 6) is -0.237. The maximum absolute atomic E-state index is 12.5. The highest BCUT2D eigenvalue weighted by Gasteiger charge is 2.22. The topological polar surface area (TPSA) is 75.7 Å². The Morgan fingerprint density at radius 2 is 2.04 bits per heavy atom. The Kier molecular flexibility index (Phi) is 6.15. The Morgan fingerprint density at radius 3 is 2.61 bits per heavy atom. The van der Waals surface area contributed by atoms with Gasteiger partial charge in [0.15, 0.2) is 0 Å². The number of nitrogens with one attached hydrogen (secondary N) is 1. The second kappa shape index (κ2) is 7.90. The standard InChI is InChI=1S/C16H24N2O4S/c1-17-16(19)13-7-9-15(10-8-13)23(20,21)18(2)11-3-5-14-6-4-12-22-14/h7-10,14H,3-6,11-12H2,1-2H3,(H,17,19). The minimum absolute atomic E-state index is 0.199. The average Bonchev–Trinajstić information content (AvgIpc) is 3.07. The first-order valence-electron chi connectivity index (χ1n) is 7.85. The van der Waals surface area contributed by atoms with Crippen molar-refractivity contribution in [2.24, 2.45) is 0 Å². The molecule has 0 bridgehead atoms. The fourth-order valence-corrected chi connectivity index (χ4v) is 3.85. The van der Waals surface area contributed by atoms with Crippen molar-refractivity contribution in [3.8, 4) is 0 Å². The molecule has 1 N–H and O–H groups in total. The van der Waals surface area contributed by atoms with E-state index in [4.69, 9.17) is 4.74 Å². The molecule has 1 aliphatic rings. The van der Waals surface area contributed by atoms with Gasteiger partial charge >= 0.3 is 0 Å². The van der Waals surface area contributed by atoms with Crippen LogP contribution in [0.25, 0.3) is 0 Å². The number of rotatable bonds is 7. The van der Waals surface area contributed by atoms with Crippen LogP contribution in [0.2, 0.25) is 0 Å². The van der Waals surface area contributed by atoms with Gasteiger partial charge in [-0.15, -0.1) is 0 Å². The number of nitrogens with zero attached hydrogens (tertiary/aromatic N) is 1. The minimum atomic E-state index is -3.52. The van der Waals surface area contributed by atoms with Crippen molar-refractivity contribution in [2.75, 3.05) is 27.2 Å². The largest absolute Gasteiger partial charge is 0.378 e. The van der Waals surface area contributed by atoms with Gasteiger partial charge in [0.25, 0.3) is 5.91 Å². The van der Waals surface area contributed by atoms with E-state index in [0.717, 1.165) is 32.3 Å². The number of carbonyl (C=O) groups excluding carboxylic acids is 1. The summed E-state index contributed by atoms with van der Waals surface area (Å²) in [6.45, 7) is 1.27. The zero-order valence-corrected chi connectivity index (χ0v) is 14.4. The molecule has 0 saturated carbocycles. The second-order valence-corrected chi connectivity index (χ2v) is 7.75. The predicted octanol–water partition coefficient (Wildman–Crippen LogP) is 1.63. The molecule has 1 aromatic rings. The maximum atomic E-state index is 12.5. The van der Waals surface area contributed by atoms with Crippen LogP contribution in [-0.2, 0) is 14.8 Å². The Morgan fingerprint density at radius 1 is 1.35 bits per heavy atom. The summed E-state index contributed by atoms with van der Waals surface area (Å²) >= 11 is 0. The summed E-state index contributed by atoms with van der Waals surface area (Å²) in [4.78, 5) is 11.7. The number of ether oxygens (including phenoxy) is 1. The average molecular weight is 340 g/mol. The molecular weight excluding hydrogens is 316 g/mol. The fraction of sp³-hybridized carbons (Fsp3) is 0.562. The molecule has 1 aromatic carbocycles. The number of hydrogen-bond acceptors (Lipinski definition) is 4. The molecule has 1 saturated heterocycles. The van der Waals surface area contributed by atoms with E-state index in [9.17, 15) is 13.2 Å². The van der Waals surface area contributed by atoms with Crippen molar-refractivity contribution < 1.29 is 17.9 Å². The number of sulfonamides is 1. The summed E-state index contributed by atoms with van der Waals surface area (Å²) in [6.07, 6.45) is 4.10. The lowest BCUT2D eigenvalue weighted by molar-refractivity contribution is 0.0963. The minimum Gasteiger partial charge on any atom is -0.378 e. The Bertz CT molecular complexity index is 622. The van der Waals surface area contributed by atoms with Crippen LogP contribution in [0.15, 0.2) is 29.2 Å². The molecule has 6 nitrogen and oxygen atoms in total. The monoisotopic (exact) mass is 340 g/mol. The number of carbonyl (C=O) groups is 1. The van der Waals surface area contributed by atoms with Crippen LogP contribution < -0.4 is 5.32 Å². The van der Waals surface area contributed by atoms with Gasteiger partial charge in [0.05, 0.1) is 11.0 Å². The highest BCUT2D eigenvalue weighted by atomic mass is 32.2. The van der Waals surface area contributed by atoms with Crippen molar-refractivity contribution in [2.45, 2.75) is 36.7 Å². The van der Waals surface area contributed by atoms with Gasteiger partial charge in [0.1, 0.15) is 0 Å². The first-order valence-corrected chi connectivity index (χ1v) is 9.29. The van der Waals surface area contributed by atoms with Crippen molar-refractivity contribution in [1.82, 2.24) is 9.62 Å². The Labute approximate surface area is 137 Å². The van der Waals surface area contributed by atoms with Gasteiger partial charge in [-0.25, -0.2) is 12.7 Å². The van der Waals surface area contributed by atoms with Crippen molar-refractivity contribution in [3.63, 3.8) is 0 Å². The van der Waals surface area contributed by atoms with Crippen LogP contribution in [0.3, 0.4) is 0 Å². The van der Waals surface area contributed by atoms with Crippen LogP contribution in [0, 0.1) is 0 Å². The first-order chi connectivity index (χ1) is 10.9. The third-order valence-electron chi connectivity index (χ3n) is 4.07. The van der Waals surface area contributed by atoms with Gasteiger partial charge in [0.2, 0.25) is 10.0 Å². The van der Waals surface area contributed by atoms with E-state index < -0.39 is 10.0 Å². The predicted molar refractivity (Wildman–Crippen MR) is 87.9 cm³/mol. The molecule has 1 amide bonds. The van der Waals surface area contributed by atoms with Gasteiger partial charge < -0.3 is 10.1 Å². The molecule has 1 heterocycles. The van der Waals surface area contributed by atoms with Crippen LogP contribution >= 0.6 is 0 Å². The van der Waals surface area contributed by atoms with Gasteiger partial charge in [-0.2, -0.15) is 0 Å². The molecule has 1 aliphatic heterocycles. The lowest BCUT2D eigenvalue weighted by Gasteiger charge is -2.18. The Hall–Kier alpha value is -1.44. The summed E-state index contributed by atoms with van der Waals surface area (Å²) in [6, 6.07) is 5.98. The quantitative estimate of drug-likeness (QED) is 0.818. The summed E-state index contributed by atoms with van der Waals surface area (Å²) in [5.41, 5.74) is 0.437. The molecule has 2 rings (SSSR count). The third kappa shape index (κ3) is 4.53. The van der Waals surface area contributed by atoms with Crippen LogP contribution in [0.4, 0.5) is 0 Å². The lowest BCUT2D eigenvalue weighted by Crippen LogP contribution is -2.28. The summed E-state index contributed by atoms with van der Waals surface area (Å²) < 4.78 is 31.9. The van der Waals surface area contributed by atoms with E-state index in [1.165, 1.54) is 35.6 Å². The molecule has 0 radical (unpaired) electrons. The van der Waals surface area contributed by atoms with E-state index in [1.54, 1.807) is 7.05 Å². The van der Waals surface area contributed by atoms with E-state index in [0.29, 0.717) is 12.1 Å². The smallest absolute Gasteiger partial charge is 0.251 e. The zero-order chi connectivity index (χ0) is 16.9. The zero-order valence-electron chi connectivity index (χ0n) is 13.6. The highest BCUT2D eigenvalue weighted by Crippen LogP contribution is 2.19. The summed E-state index contributed by atoms with van der Waals surface area (Å²) in [5, 5.41) is 2.51. The molecule has 1 atom stereocenters. The number of hydrogen-bond donors (Lipinski definition) is 1. The van der Waals surface area contributed by atoms with Crippen molar-refractivity contribution >= 4 is 15.9 Å². The van der Waals surface area contributed by atoms with Gasteiger partial charge in [-0.05, 0) is 49.9 Å². The normalized spacial score (nSPS) is 18.3.